The molecule has 3 rings (SSSR count). The molecule has 2 aromatic rings. The first-order valence-electron chi connectivity index (χ1n) is 9.74. The van der Waals surface area contributed by atoms with Crippen molar-refractivity contribution in [2.75, 3.05) is 24.6 Å². The molecule has 32 heavy (non-hydrogen) atoms. The summed E-state index contributed by atoms with van der Waals surface area (Å²) in [5.41, 5.74) is -2.00. The number of hydrogen-bond acceptors (Lipinski definition) is 2. The Kier molecular flexibility index (Phi) is 9.77. The summed E-state index contributed by atoms with van der Waals surface area (Å²) in [7, 11) is 0. The van der Waals surface area contributed by atoms with Crippen molar-refractivity contribution in [3.05, 3.63) is 70.5 Å². The molecule has 1 saturated heterocycles. The fraction of sp³-hybridized carbons (Fsp3) is 0.455. The van der Waals surface area contributed by atoms with E-state index in [2.05, 4.69) is 27.9 Å². The van der Waals surface area contributed by atoms with E-state index in [0.29, 0.717) is 18.7 Å². The van der Waals surface area contributed by atoms with Crippen molar-refractivity contribution in [2.24, 2.45) is 5.92 Å². The molecule has 1 aliphatic rings. The Balaban J connectivity index is 0.00000176. The number of ether oxygens (including phenoxy) is 1. The number of alkyl halides is 7. The Labute approximate surface area is 195 Å². The van der Waals surface area contributed by atoms with E-state index in [1.165, 1.54) is 12.1 Å². The van der Waals surface area contributed by atoms with Gasteiger partial charge in [-0.25, -0.2) is 4.39 Å². The number of halogens is 8. The van der Waals surface area contributed by atoms with Crippen LogP contribution in [0.4, 0.5) is 30.7 Å². The van der Waals surface area contributed by atoms with Gasteiger partial charge in [-0.1, -0.05) is 34.7 Å². The normalized spacial score (nSPS) is 19.3. The molecule has 2 nitrogen and oxygen atoms in total. The second kappa shape index (κ2) is 11.6. The van der Waals surface area contributed by atoms with Crippen LogP contribution in [0, 0.1) is 11.7 Å². The molecule has 0 bridgehead atoms. The van der Waals surface area contributed by atoms with Crippen molar-refractivity contribution in [1.29, 1.82) is 0 Å². The molecule has 0 aliphatic carbocycles. The predicted molar refractivity (Wildman–Crippen MR) is 116 cm³/mol. The van der Waals surface area contributed by atoms with Crippen LogP contribution < -0.4 is 5.32 Å². The van der Waals surface area contributed by atoms with Crippen LogP contribution in [0.25, 0.3) is 0 Å². The highest BCUT2D eigenvalue weighted by atomic mass is 127. The van der Waals surface area contributed by atoms with Gasteiger partial charge in [0.25, 0.3) is 0 Å². The predicted octanol–water partition coefficient (Wildman–Crippen LogP) is 6.82. The molecule has 1 heterocycles. The molecular weight excluding hydrogens is 554 g/mol. The van der Waals surface area contributed by atoms with Gasteiger partial charge in [0.05, 0.1) is 24.3 Å². The molecule has 1 aliphatic heterocycles. The number of hydrogen-bond donors (Lipinski definition) is 1. The van der Waals surface area contributed by atoms with Crippen LogP contribution in [0.15, 0.2) is 42.5 Å². The fourth-order valence-corrected chi connectivity index (χ4v) is 3.68. The Hall–Kier alpha value is -1.40. The SMILES string of the molecule is CI.Fc1ccc([C@@H]2CCNC[C@H]2COCc2cc(C(F)(F)F)cc(C(F)(F)F)c2)cc1. The third-order valence-corrected chi connectivity index (χ3v) is 5.15. The second-order valence-corrected chi connectivity index (χ2v) is 7.34. The van der Waals surface area contributed by atoms with Crippen LogP contribution in [-0.2, 0) is 23.7 Å². The first-order chi connectivity index (χ1) is 15.0. The Bertz CT molecular complexity index is 821. The van der Waals surface area contributed by atoms with Crippen molar-refractivity contribution < 1.29 is 35.5 Å². The van der Waals surface area contributed by atoms with E-state index < -0.39 is 23.5 Å². The van der Waals surface area contributed by atoms with Crippen molar-refractivity contribution in [3.63, 3.8) is 0 Å². The molecule has 2 aromatic carbocycles. The van der Waals surface area contributed by atoms with E-state index in [0.717, 1.165) is 18.5 Å². The van der Waals surface area contributed by atoms with Gasteiger partial charge in [0.2, 0.25) is 0 Å². The second-order valence-electron chi connectivity index (χ2n) is 7.34. The first-order valence-corrected chi connectivity index (χ1v) is 11.9. The highest BCUT2D eigenvalue weighted by Gasteiger charge is 2.37. The lowest BCUT2D eigenvalue weighted by molar-refractivity contribution is -0.143. The average molecular weight is 577 g/mol. The minimum absolute atomic E-state index is 0.0444. The van der Waals surface area contributed by atoms with Gasteiger partial charge in [-0.2, -0.15) is 26.3 Å². The lowest BCUT2D eigenvalue weighted by Crippen LogP contribution is -2.37. The highest BCUT2D eigenvalue weighted by molar-refractivity contribution is 14.1. The van der Waals surface area contributed by atoms with Gasteiger partial charge in [0.15, 0.2) is 0 Å². The van der Waals surface area contributed by atoms with Crippen LogP contribution in [0.3, 0.4) is 0 Å². The molecule has 0 unspecified atom stereocenters. The van der Waals surface area contributed by atoms with Gasteiger partial charge in [-0.3, -0.25) is 0 Å². The summed E-state index contributed by atoms with van der Waals surface area (Å²) < 4.78 is 96.5. The quantitative estimate of drug-likeness (QED) is 0.239. The third kappa shape index (κ3) is 7.58. The maximum absolute atomic E-state index is 13.2. The van der Waals surface area contributed by atoms with Gasteiger partial charge >= 0.3 is 12.4 Å². The smallest absolute Gasteiger partial charge is 0.376 e. The monoisotopic (exact) mass is 577 g/mol. The van der Waals surface area contributed by atoms with E-state index in [9.17, 15) is 30.7 Å². The van der Waals surface area contributed by atoms with Crippen LogP contribution in [0.1, 0.15) is 34.6 Å². The molecule has 178 valence electrons. The van der Waals surface area contributed by atoms with Gasteiger partial charge < -0.3 is 10.1 Å². The lowest BCUT2D eigenvalue weighted by atomic mass is 9.81. The minimum Gasteiger partial charge on any atom is -0.376 e. The summed E-state index contributed by atoms with van der Waals surface area (Å²) in [4.78, 5) is 1.97. The van der Waals surface area contributed by atoms with Crippen molar-refractivity contribution in [3.8, 4) is 0 Å². The van der Waals surface area contributed by atoms with Gasteiger partial charge in [0, 0.05) is 12.5 Å². The summed E-state index contributed by atoms with van der Waals surface area (Å²) in [6, 6.07) is 7.52. The number of piperidine rings is 1. The van der Waals surface area contributed by atoms with E-state index in [-0.39, 0.29) is 42.5 Å². The number of benzene rings is 2. The van der Waals surface area contributed by atoms with Crippen molar-refractivity contribution >= 4 is 22.6 Å². The summed E-state index contributed by atoms with van der Waals surface area (Å²) in [5.74, 6) is -0.346. The van der Waals surface area contributed by atoms with Crippen LogP contribution >= 0.6 is 22.6 Å². The third-order valence-electron chi connectivity index (χ3n) is 5.15. The molecule has 1 N–H and O–H groups in total. The molecule has 0 spiro atoms. The van der Waals surface area contributed by atoms with Crippen molar-refractivity contribution in [1.82, 2.24) is 5.32 Å². The van der Waals surface area contributed by atoms with Gasteiger partial charge in [-0.05, 0) is 65.3 Å². The molecule has 0 saturated carbocycles. The van der Waals surface area contributed by atoms with Crippen LogP contribution in [0.2, 0.25) is 0 Å². The molecular formula is C22H23F7INO. The zero-order chi connectivity index (χ0) is 23.9. The van der Waals surface area contributed by atoms with Crippen LogP contribution in [-0.4, -0.2) is 24.6 Å². The number of rotatable bonds is 5. The summed E-state index contributed by atoms with van der Waals surface area (Å²) >= 11 is 2.15. The average Bonchev–Trinajstić information content (AvgIpc) is 2.75. The van der Waals surface area contributed by atoms with Gasteiger partial charge in [-0.15, -0.1) is 0 Å². The lowest BCUT2D eigenvalue weighted by Gasteiger charge is -2.32. The Morgan fingerprint density at radius 3 is 2.03 bits per heavy atom. The molecule has 2 atom stereocenters. The highest BCUT2D eigenvalue weighted by Crippen LogP contribution is 2.37. The van der Waals surface area contributed by atoms with E-state index in [1.807, 2.05) is 4.93 Å². The zero-order valence-electron chi connectivity index (χ0n) is 17.2. The summed E-state index contributed by atoms with van der Waals surface area (Å²) in [6.07, 6.45) is -9.02. The standard InChI is InChI=1S/C21H20F7NO.CH3I/c22-18-3-1-14(2-4-18)19-5-6-29-10-15(19)12-30-11-13-7-16(20(23,24)25)9-17(8-13)21(26,27)28;1-2/h1-4,7-9,15,19,29H,5-6,10-12H2;1H3/t15-,19-;/m0./s1. The van der Waals surface area contributed by atoms with Crippen molar-refractivity contribution in [2.45, 2.75) is 31.3 Å². The van der Waals surface area contributed by atoms with E-state index in [4.69, 9.17) is 4.74 Å². The molecule has 0 aromatic heterocycles. The van der Waals surface area contributed by atoms with E-state index in [1.54, 1.807) is 12.1 Å². The topological polar surface area (TPSA) is 21.3 Å². The Morgan fingerprint density at radius 1 is 0.938 bits per heavy atom. The fourth-order valence-electron chi connectivity index (χ4n) is 3.68. The largest absolute Gasteiger partial charge is 0.416 e. The maximum Gasteiger partial charge on any atom is 0.416 e. The zero-order valence-corrected chi connectivity index (χ0v) is 19.3. The molecule has 1 fully saturated rings. The van der Waals surface area contributed by atoms with E-state index >= 15 is 0 Å². The summed E-state index contributed by atoms with van der Waals surface area (Å²) in [6.45, 7) is 1.10. The minimum atomic E-state index is -4.89. The molecule has 0 amide bonds. The maximum atomic E-state index is 13.2. The van der Waals surface area contributed by atoms with Crippen LogP contribution in [0.5, 0.6) is 0 Å². The summed E-state index contributed by atoms with van der Waals surface area (Å²) in [5, 5.41) is 3.20. The molecule has 0 radical (unpaired) electrons. The van der Waals surface area contributed by atoms with Gasteiger partial charge in [0.1, 0.15) is 5.82 Å². The first kappa shape index (κ1) is 26.8. The number of nitrogens with one attached hydrogen (secondary N) is 1. The molecule has 10 heteroatoms. The Morgan fingerprint density at radius 2 is 1.50 bits per heavy atom.